The molecule has 1 radical (unpaired) electrons. The molecule has 0 aliphatic heterocycles. The predicted molar refractivity (Wildman–Crippen MR) is 36.9 cm³/mol. The van der Waals surface area contributed by atoms with E-state index in [1.807, 2.05) is 0 Å². The highest BCUT2D eigenvalue weighted by atomic mass is 16.3. The van der Waals surface area contributed by atoms with E-state index in [-0.39, 0.29) is 19.2 Å². The third-order valence-corrected chi connectivity index (χ3v) is 1.05. The van der Waals surface area contributed by atoms with Gasteiger partial charge in [-0.25, -0.2) is 4.79 Å². The number of nitrogens with one attached hydrogen (secondary N) is 1. The number of aromatic nitrogens is 2. The van der Waals surface area contributed by atoms with Crippen LogP contribution in [0.5, 0.6) is 0 Å². The second-order valence-corrected chi connectivity index (χ2v) is 1.84. The zero-order valence-electron chi connectivity index (χ0n) is 5.82. The van der Waals surface area contributed by atoms with Crippen LogP contribution in [0.1, 0.15) is 0 Å². The predicted octanol–water partition coefficient (Wildman–Crippen LogP) is -0.767. The van der Waals surface area contributed by atoms with Crippen molar-refractivity contribution >= 4 is 6.03 Å². The zero-order valence-corrected chi connectivity index (χ0v) is 5.82. The second-order valence-electron chi connectivity index (χ2n) is 1.84. The van der Waals surface area contributed by atoms with Crippen LogP contribution in [0.15, 0.2) is 12.3 Å². The lowest BCUT2D eigenvalue weighted by Crippen LogP contribution is -2.31. The van der Waals surface area contributed by atoms with E-state index in [0.717, 1.165) is 4.68 Å². The number of hydrogen-bond donors (Lipinski definition) is 2. The van der Waals surface area contributed by atoms with E-state index in [4.69, 9.17) is 5.11 Å². The molecule has 0 fully saturated rings. The summed E-state index contributed by atoms with van der Waals surface area (Å²) in [5, 5.41) is 14.4. The average Bonchev–Trinajstić information content (AvgIpc) is 2.52. The lowest BCUT2D eigenvalue weighted by Gasteiger charge is -2.00. The molecule has 5 nitrogen and oxygen atoms in total. The van der Waals surface area contributed by atoms with Gasteiger partial charge in [0.15, 0.2) is 0 Å². The molecular formula is C6H8N3O2. The van der Waals surface area contributed by atoms with Crippen LogP contribution in [0.25, 0.3) is 0 Å². The van der Waals surface area contributed by atoms with Gasteiger partial charge < -0.3 is 10.4 Å². The Balaban J connectivity index is 2.43. The fourth-order valence-corrected chi connectivity index (χ4v) is 0.590. The lowest BCUT2D eigenvalue weighted by molar-refractivity contribution is 0.233. The fraction of sp³-hybridized carbons (Fsp3) is 0.333. The minimum Gasteiger partial charge on any atom is -0.395 e. The van der Waals surface area contributed by atoms with Crippen molar-refractivity contribution in [3.63, 3.8) is 0 Å². The van der Waals surface area contributed by atoms with Gasteiger partial charge in [0.05, 0.1) is 6.61 Å². The topological polar surface area (TPSA) is 67.2 Å². The maximum Gasteiger partial charge on any atom is 0.342 e. The molecule has 0 aliphatic carbocycles. The molecule has 1 rings (SSSR count). The fourth-order valence-electron chi connectivity index (χ4n) is 0.590. The molecule has 2 N–H and O–H groups in total. The first-order valence-corrected chi connectivity index (χ1v) is 3.15. The van der Waals surface area contributed by atoms with Crippen LogP contribution in [0.3, 0.4) is 0 Å². The van der Waals surface area contributed by atoms with Gasteiger partial charge in [-0.2, -0.15) is 9.78 Å². The van der Waals surface area contributed by atoms with Crippen LogP contribution in [-0.4, -0.2) is 34.1 Å². The molecular weight excluding hydrogens is 146 g/mol. The van der Waals surface area contributed by atoms with Crippen molar-refractivity contribution < 1.29 is 9.90 Å². The normalized spacial score (nSPS) is 9.55. The third-order valence-electron chi connectivity index (χ3n) is 1.05. The second kappa shape index (κ2) is 3.72. The monoisotopic (exact) mass is 154 g/mol. The Morgan fingerprint density at radius 3 is 3.18 bits per heavy atom. The molecule has 0 aliphatic rings. The zero-order chi connectivity index (χ0) is 8.10. The first-order chi connectivity index (χ1) is 5.34. The summed E-state index contributed by atoms with van der Waals surface area (Å²) in [5.74, 6) is 0. The van der Waals surface area contributed by atoms with Crippen molar-refractivity contribution in [3.8, 4) is 0 Å². The van der Waals surface area contributed by atoms with Crippen LogP contribution in [0.4, 0.5) is 4.79 Å². The molecule has 0 unspecified atom stereocenters. The van der Waals surface area contributed by atoms with Crippen LogP contribution in [-0.2, 0) is 0 Å². The number of aliphatic hydroxyl groups excluding tert-OH is 1. The summed E-state index contributed by atoms with van der Waals surface area (Å²) >= 11 is 0. The molecule has 1 amide bonds. The quantitative estimate of drug-likeness (QED) is 0.588. The van der Waals surface area contributed by atoms with Gasteiger partial charge in [0.1, 0.15) is 6.20 Å². The summed E-state index contributed by atoms with van der Waals surface area (Å²) in [6.07, 6.45) is 3.96. The summed E-state index contributed by atoms with van der Waals surface area (Å²) in [6.45, 7) is 0.162. The summed E-state index contributed by atoms with van der Waals surface area (Å²) < 4.78 is 1.11. The van der Waals surface area contributed by atoms with E-state index in [0.29, 0.717) is 0 Å². The van der Waals surface area contributed by atoms with Crippen molar-refractivity contribution in [3.05, 3.63) is 18.5 Å². The third kappa shape index (κ3) is 2.05. The van der Waals surface area contributed by atoms with Crippen molar-refractivity contribution in [2.24, 2.45) is 0 Å². The van der Waals surface area contributed by atoms with Crippen LogP contribution in [0, 0.1) is 6.20 Å². The summed E-state index contributed by atoms with van der Waals surface area (Å²) in [5.41, 5.74) is 0. The standard InChI is InChI=1S/C6H8N3O2/c10-5-3-7-6(11)9-4-1-2-8-9/h1,4,10H,3,5H2,(H,7,11). The molecule has 0 spiro atoms. The molecule has 0 saturated carbocycles. The molecule has 0 aromatic carbocycles. The van der Waals surface area contributed by atoms with Gasteiger partial charge in [0.2, 0.25) is 0 Å². The van der Waals surface area contributed by atoms with E-state index in [2.05, 4.69) is 16.6 Å². The Hall–Kier alpha value is -1.36. The summed E-state index contributed by atoms with van der Waals surface area (Å²) in [6, 6.07) is 1.17. The number of rotatable bonds is 2. The molecule has 5 heteroatoms. The van der Waals surface area contributed by atoms with Gasteiger partial charge in [-0.1, -0.05) is 0 Å². The molecule has 1 aromatic heterocycles. The average molecular weight is 154 g/mol. The number of carbonyl (C=O) groups is 1. The highest BCUT2D eigenvalue weighted by molar-refractivity contribution is 5.75. The van der Waals surface area contributed by atoms with Gasteiger partial charge in [-0.05, 0) is 6.07 Å². The van der Waals surface area contributed by atoms with E-state index < -0.39 is 0 Å². The van der Waals surface area contributed by atoms with Crippen LogP contribution < -0.4 is 5.32 Å². The lowest BCUT2D eigenvalue weighted by atomic mass is 10.7. The highest BCUT2D eigenvalue weighted by Gasteiger charge is 2.00. The minimum absolute atomic E-state index is 0.0727. The van der Waals surface area contributed by atoms with Gasteiger partial charge in [0.25, 0.3) is 0 Å². The van der Waals surface area contributed by atoms with E-state index >= 15 is 0 Å². The van der Waals surface area contributed by atoms with Gasteiger partial charge >= 0.3 is 6.03 Å². The molecule has 0 saturated heterocycles. The highest BCUT2D eigenvalue weighted by Crippen LogP contribution is 1.81. The molecule has 1 aromatic rings. The SMILES string of the molecule is O=C(NCCO)n1cc[c]n1. The number of aliphatic hydroxyl groups is 1. The number of amides is 1. The molecule has 1 heterocycles. The summed E-state index contributed by atoms with van der Waals surface area (Å²) in [7, 11) is 0. The van der Waals surface area contributed by atoms with E-state index in [9.17, 15) is 4.79 Å². The maximum atomic E-state index is 10.9. The van der Waals surface area contributed by atoms with Gasteiger partial charge in [-0.3, -0.25) is 0 Å². The van der Waals surface area contributed by atoms with Gasteiger partial charge in [0, 0.05) is 12.7 Å². The first kappa shape index (κ1) is 7.74. The minimum atomic E-state index is -0.361. The largest absolute Gasteiger partial charge is 0.395 e. The Bertz CT molecular complexity index is 220. The first-order valence-electron chi connectivity index (χ1n) is 3.15. The molecule has 0 bridgehead atoms. The maximum absolute atomic E-state index is 10.9. The van der Waals surface area contributed by atoms with Crippen molar-refractivity contribution in [1.29, 1.82) is 0 Å². The van der Waals surface area contributed by atoms with Crippen molar-refractivity contribution in [1.82, 2.24) is 15.1 Å². The number of nitrogens with zero attached hydrogens (tertiary/aromatic N) is 2. The summed E-state index contributed by atoms with van der Waals surface area (Å²) in [4.78, 5) is 10.9. The molecule has 0 atom stereocenters. The Kier molecular flexibility index (Phi) is 2.62. The van der Waals surface area contributed by atoms with E-state index in [1.54, 1.807) is 0 Å². The number of hydrogen-bond acceptors (Lipinski definition) is 3. The Morgan fingerprint density at radius 2 is 2.64 bits per heavy atom. The molecule has 11 heavy (non-hydrogen) atoms. The van der Waals surface area contributed by atoms with Crippen LogP contribution in [0.2, 0.25) is 0 Å². The number of carbonyl (C=O) groups excluding carboxylic acids is 1. The van der Waals surface area contributed by atoms with Crippen molar-refractivity contribution in [2.75, 3.05) is 13.2 Å². The molecule has 59 valence electrons. The Labute approximate surface area is 63.6 Å². The smallest absolute Gasteiger partial charge is 0.342 e. The van der Waals surface area contributed by atoms with Gasteiger partial charge in [-0.15, -0.1) is 0 Å². The van der Waals surface area contributed by atoms with Crippen molar-refractivity contribution in [2.45, 2.75) is 0 Å². The van der Waals surface area contributed by atoms with Crippen LogP contribution >= 0.6 is 0 Å². The Morgan fingerprint density at radius 1 is 1.82 bits per heavy atom. The van der Waals surface area contributed by atoms with E-state index in [1.165, 1.54) is 12.3 Å².